The number of rotatable bonds is 1. The highest BCUT2D eigenvalue weighted by atomic mass is 35.5. The molecular weight excluding hydrogens is 154 g/mol. The Hall–Kier alpha value is 0.170. The molecule has 4 heteroatoms. The van der Waals surface area contributed by atoms with Crippen molar-refractivity contribution in [3.8, 4) is 0 Å². The topological polar surface area (TPSA) is 44.5 Å². The predicted octanol–water partition coefficient (Wildman–Crippen LogP) is 0.0299. The predicted molar refractivity (Wildman–Crippen MR) is 41.4 cm³/mol. The number of nitrogens with two attached hydrogens (primary N) is 1. The normalized spacial score (nSPS) is 21.3. The maximum atomic E-state index is 5.41. The molecule has 0 bridgehead atoms. The summed E-state index contributed by atoms with van der Waals surface area (Å²) in [5.74, 6) is 0.410. The Bertz CT molecular complexity index is 74.1. The largest absolute Gasteiger partial charge is 0.379 e. The van der Waals surface area contributed by atoms with Crippen molar-refractivity contribution in [1.82, 2.24) is 0 Å². The van der Waals surface area contributed by atoms with E-state index in [0.717, 1.165) is 26.4 Å². The van der Waals surface area contributed by atoms with Gasteiger partial charge in [-0.15, -0.1) is 12.4 Å². The molecule has 0 amide bonds. The number of ether oxygens (including phenoxy) is 2. The summed E-state index contributed by atoms with van der Waals surface area (Å²) in [7, 11) is 0. The van der Waals surface area contributed by atoms with Gasteiger partial charge in [0, 0.05) is 5.92 Å². The Labute approximate surface area is 67.3 Å². The van der Waals surface area contributed by atoms with E-state index in [1.807, 2.05) is 0 Å². The quantitative estimate of drug-likeness (QED) is 0.600. The standard InChI is InChI=1S/C6H13NO2.ClH/c7-3-6-4-8-1-2-9-5-6;/h6H,1-5,7H2;1H. The van der Waals surface area contributed by atoms with Gasteiger partial charge >= 0.3 is 0 Å². The van der Waals surface area contributed by atoms with Crippen LogP contribution in [0.5, 0.6) is 0 Å². The van der Waals surface area contributed by atoms with E-state index in [2.05, 4.69) is 0 Å². The minimum atomic E-state index is 0. The van der Waals surface area contributed by atoms with Gasteiger partial charge in [0.1, 0.15) is 0 Å². The van der Waals surface area contributed by atoms with Crippen molar-refractivity contribution < 1.29 is 9.47 Å². The van der Waals surface area contributed by atoms with Gasteiger partial charge in [-0.3, -0.25) is 0 Å². The summed E-state index contributed by atoms with van der Waals surface area (Å²) in [6, 6.07) is 0. The van der Waals surface area contributed by atoms with Crippen LogP contribution < -0.4 is 5.73 Å². The first-order chi connectivity index (χ1) is 4.43. The van der Waals surface area contributed by atoms with Crippen LogP contribution in [0.25, 0.3) is 0 Å². The van der Waals surface area contributed by atoms with Gasteiger partial charge in [-0.2, -0.15) is 0 Å². The molecule has 1 heterocycles. The summed E-state index contributed by atoms with van der Waals surface area (Å²) in [6.07, 6.45) is 0. The highest BCUT2D eigenvalue weighted by Gasteiger charge is 2.09. The van der Waals surface area contributed by atoms with Crippen LogP contribution in [0, 0.1) is 5.92 Å². The molecular formula is C6H14ClNO2. The lowest BCUT2D eigenvalue weighted by molar-refractivity contribution is 0.103. The molecule has 1 aliphatic rings. The van der Waals surface area contributed by atoms with Crippen LogP contribution in [0.4, 0.5) is 0 Å². The molecule has 0 spiro atoms. The minimum Gasteiger partial charge on any atom is -0.379 e. The van der Waals surface area contributed by atoms with E-state index in [1.165, 1.54) is 0 Å². The SMILES string of the molecule is Cl.NCC1COCCOC1. The van der Waals surface area contributed by atoms with Crippen LogP contribution in [0.2, 0.25) is 0 Å². The summed E-state index contributed by atoms with van der Waals surface area (Å²) < 4.78 is 10.4. The van der Waals surface area contributed by atoms with E-state index in [-0.39, 0.29) is 12.4 Å². The van der Waals surface area contributed by atoms with Crippen molar-refractivity contribution in [3.63, 3.8) is 0 Å². The highest BCUT2D eigenvalue weighted by molar-refractivity contribution is 5.85. The van der Waals surface area contributed by atoms with Gasteiger partial charge in [0.25, 0.3) is 0 Å². The van der Waals surface area contributed by atoms with Crippen molar-refractivity contribution in [2.24, 2.45) is 11.7 Å². The third-order valence-corrected chi connectivity index (χ3v) is 1.41. The fourth-order valence-electron chi connectivity index (χ4n) is 0.802. The molecule has 0 unspecified atom stereocenters. The van der Waals surface area contributed by atoms with Crippen LogP contribution in [0.15, 0.2) is 0 Å². The van der Waals surface area contributed by atoms with Crippen LogP contribution >= 0.6 is 12.4 Å². The van der Waals surface area contributed by atoms with E-state index >= 15 is 0 Å². The van der Waals surface area contributed by atoms with Crippen molar-refractivity contribution >= 4 is 12.4 Å². The monoisotopic (exact) mass is 167 g/mol. The van der Waals surface area contributed by atoms with Gasteiger partial charge in [-0.25, -0.2) is 0 Å². The molecule has 0 aromatic carbocycles. The number of hydrogen-bond donors (Lipinski definition) is 1. The maximum Gasteiger partial charge on any atom is 0.0700 e. The van der Waals surface area contributed by atoms with Crippen molar-refractivity contribution in [2.45, 2.75) is 0 Å². The molecule has 1 saturated heterocycles. The van der Waals surface area contributed by atoms with E-state index in [1.54, 1.807) is 0 Å². The van der Waals surface area contributed by atoms with Gasteiger partial charge in [0.2, 0.25) is 0 Å². The third kappa shape index (κ3) is 3.37. The fraction of sp³-hybridized carbons (Fsp3) is 1.00. The zero-order valence-corrected chi connectivity index (χ0v) is 6.73. The van der Waals surface area contributed by atoms with Crippen molar-refractivity contribution in [3.05, 3.63) is 0 Å². The lowest BCUT2D eigenvalue weighted by Gasteiger charge is -2.07. The fourth-order valence-corrected chi connectivity index (χ4v) is 0.802. The van der Waals surface area contributed by atoms with Crippen LogP contribution in [0.3, 0.4) is 0 Å². The van der Waals surface area contributed by atoms with Crippen LogP contribution in [-0.2, 0) is 9.47 Å². The first-order valence-corrected chi connectivity index (χ1v) is 3.29. The van der Waals surface area contributed by atoms with Crippen molar-refractivity contribution in [1.29, 1.82) is 0 Å². The first kappa shape index (κ1) is 10.2. The van der Waals surface area contributed by atoms with Gasteiger partial charge in [0.05, 0.1) is 26.4 Å². The van der Waals surface area contributed by atoms with E-state index in [4.69, 9.17) is 15.2 Å². The Kier molecular flexibility index (Phi) is 6.02. The third-order valence-electron chi connectivity index (χ3n) is 1.41. The second kappa shape index (κ2) is 5.92. The smallest absolute Gasteiger partial charge is 0.0700 e. The molecule has 62 valence electrons. The van der Waals surface area contributed by atoms with Gasteiger partial charge in [0.15, 0.2) is 0 Å². The maximum absolute atomic E-state index is 5.41. The molecule has 0 aromatic rings. The second-order valence-electron chi connectivity index (χ2n) is 2.25. The Morgan fingerprint density at radius 3 is 2.10 bits per heavy atom. The number of halogens is 1. The highest BCUT2D eigenvalue weighted by Crippen LogP contribution is 2.00. The lowest BCUT2D eigenvalue weighted by atomic mass is 10.2. The molecule has 1 rings (SSSR count). The minimum absolute atomic E-state index is 0. The molecule has 0 radical (unpaired) electrons. The zero-order chi connectivity index (χ0) is 6.53. The summed E-state index contributed by atoms with van der Waals surface area (Å²) in [4.78, 5) is 0. The number of hydrogen-bond acceptors (Lipinski definition) is 3. The Morgan fingerprint density at radius 1 is 1.20 bits per heavy atom. The molecule has 1 fully saturated rings. The van der Waals surface area contributed by atoms with E-state index in [0.29, 0.717) is 12.5 Å². The molecule has 1 aliphatic heterocycles. The van der Waals surface area contributed by atoms with E-state index < -0.39 is 0 Å². The van der Waals surface area contributed by atoms with Crippen LogP contribution in [-0.4, -0.2) is 33.0 Å². The second-order valence-corrected chi connectivity index (χ2v) is 2.25. The summed E-state index contributed by atoms with van der Waals surface area (Å²) in [5.41, 5.74) is 5.41. The lowest BCUT2D eigenvalue weighted by Crippen LogP contribution is -2.22. The molecule has 2 N–H and O–H groups in total. The first-order valence-electron chi connectivity index (χ1n) is 3.29. The van der Waals surface area contributed by atoms with E-state index in [9.17, 15) is 0 Å². The molecule has 0 saturated carbocycles. The van der Waals surface area contributed by atoms with Gasteiger partial charge in [-0.05, 0) is 6.54 Å². The molecule has 0 atom stereocenters. The zero-order valence-electron chi connectivity index (χ0n) is 5.91. The average Bonchev–Trinajstić information content (AvgIpc) is 2.13. The Balaban J connectivity index is 0.000000810. The molecule has 0 aliphatic carbocycles. The van der Waals surface area contributed by atoms with Gasteiger partial charge < -0.3 is 15.2 Å². The average molecular weight is 168 g/mol. The van der Waals surface area contributed by atoms with Gasteiger partial charge in [-0.1, -0.05) is 0 Å². The summed E-state index contributed by atoms with van der Waals surface area (Å²) in [6.45, 7) is 3.62. The summed E-state index contributed by atoms with van der Waals surface area (Å²) >= 11 is 0. The summed E-state index contributed by atoms with van der Waals surface area (Å²) in [5, 5.41) is 0. The van der Waals surface area contributed by atoms with Crippen molar-refractivity contribution in [2.75, 3.05) is 33.0 Å². The molecule has 3 nitrogen and oxygen atoms in total. The molecule has 10 heavy (non-hydrogen) atoms. The molecule has 0 aromatic heterocycles. The van der Waals surface area contributed by atoms with Crippen LogP contribution in [0.1, 0.15) is 0 Å². The Morgan fingerprint density at radius 2 is 1.70 bits per heavy atom.